The minimum absolute atomic E-state index is 0.240. The third-order valence-corrected chi connectivity index (χ3v) is 9.09. The topological polar surface area (TPSA) is 131 Å². The number of nitrogens with one attached hydrogen (secondary N) is 2. The van der Waals surface area contributed by atoms with Gasteiger partial charge in [-0.15, -0.1) is 0 Å². The molecule has 3 saturated heterocycles. The molecule has 4 aliphatic heterocycles. The molecule has 2 aromatic heterocycles. The molecule has 11 heteroatoms. The van der Waals surface area contributed by atoms with E-state index in [1.54, 1.807) is 23.0 Å². The fourth-order valence-corrected chi connectivity index (χ4v) is 6.39. The first kappa shape index (κ1) is 26.7. The van der Waals surface area contributed by atoms with Crippen LogP contribution in [0.4, 0.5) is 5.82 Å². The maximum absolute atomic E-state index is 11.8. The Morgan fingerprint density at radius 3 is 2.49 bits per heavy atom. The summed E-state index contributed by atoms with van der Waals surface area (Å²) in [6, 6.07) is 14.2. The lowest BCUT2D eigenvalue weighted by molar-refractivity contribution is -0.00869. The lowest BCUT2D eigenvalue weighted by Gasteiger charge is -2.56. The summed E-state index contributed by atoms with van der Waals surface area (Å²) in [5.41, 5.74) is 5.43. The normalized spacial score (nSPS) is 21.6. The van der Waals surface area contributed by atoms with E-state index in [4.69, 9.17) is 10.4 Å². The molecule has 6 heterocycles. The van der Waals surface area contributed by atoms with E-state index in [1.807, 2.05) is 56.0 Å². The van der Waals surface area contributed by atoms with Crippen molar-refractivity contribution in [3.8, 4) is 6.07 Å². The number of piperidine rings is 1. The Kier molecular flexibility index (Phi) is 6.81. The van der Waals surface area contributed by atoms with Gasteiger partial charge in [0.1, 0.15) is 11.9 Å². The minimum Gasteiger partial charge on any atom is -0.359 e. The van der Waals surface area contributed by atoms with E-state index >= 15 is 0 Å². The largest absolute Gasteiger partial charge is 0.359 e. The van der Waals surface area contributed by atoms with Crippen molar-refractivity contribution in [2.75, 3.05) is 24.2 Å². The van der Waals surface area contributed by atoms with Crippen LogP contribution < -0.4 is 10.2 Å². The zero-order valence-electron chi connectivity index (χ0n) is 22.8. The third-order valence-electron chi connectivity index (χ3n) is 7.96. The smallest absolute Gasteiger partial charge is 0.175 e. The minimum atomic E-state index is -3.19. The van der Waals surface area contributed by atoms with E-state index in [9.17, 15) is 13.7 Å². The van der Waals surface area contributed by atoms with Gasteiger partial charge in [0, 0.05) is 92.1 Å². The molecule has 2 unspecified atom stereocenters. The third kappa shape index (κ3) is 5.19. The first-order chi connectivity index (χ1) is 19.7. The standard InChI is InChI=1S/C30H30N8O2S/c1-36-17-24(15-35-36)22-9-28(30(34-14-22)23(11-31)12-32)21-5-8-29(33-13-21)37-18-25-10-26(19-37)38(25)16-20-3-6-27(7-4-20)41(2,39)40/h3-9,11,13-15,17,25-26,31,34H,10,16,18-19H2,1-2H3/b30-23+,31-11?. The SMILES string of the molecule is Cn1cc(C2=CN/C(=C(/C#N)C=N)C(c3ccc(N4CC5CC(C4)N5Cc4ccc(S(C)(=O)=O)cc4)nc3)=C2)cn1. The molecule has 3 fully saturated rings. The monoisotopic (exact) mass is 566 g/mol. The van der Waals surface area contributed by atoms with Crippen LogP contribution in [0.25, 0.3) is 11.1 Å². The van der Waals surface area contributed by atoms with Crippen molar-refractivity contribution in [2.45, 2.75) is 29.9 Å². The van der Waals surface area contributed by atoms with Gasteiger partial charge in [-0.25, -0.2) is 13.4 Å². The molecular weight excluding hydrogens is 536 g/mol. The van der Waals surface area contributed by atoms with E-state index in [-0.39, 0.29) is 5.57 Å². The first-order valence-electron chi connectivity index (χ1n) is 13.3. The Hall–Kier alpha value is -4.53. The first-order valence-corrected chi connectivity index (χ1v) is 15.2. The molecule has 208 valence electrons. The summed E-state index contributed by atoms with van der Waals surface area (Å²) in [6.07, 6.45) is 12.8. The average molecular weight is 567 g/mol. The predicted octanol–water partition coefficient (Wildman–Crippen LogP) is 3.14. The Bertz CT molecular complexity index is 1730. The van der Waals surface area contributed by atoms with Crippen molar-refractivity contribution in [3.63, 3.8) is 0 Å². The summed E-state index contributed by atoms with van der Waals surface area (Å²) in [7, 11) is -1.33. The number of sulfone groups is 1. The maximum atomic E-state index is 11.8. The zero-order chi connectivity index (χ0) is 28.7. The van der Waals surface area contributed by atoms with Gasteiger partial charge >= 0.3 is 0 Å². The number of hydrogen-bond acceptors (Lipinski definition) is 9. The molecule has 2 N–H and O–H groups in total. The van der Waals surface area contributed by atoms with Gasteiger partial charge in [-0.1, -0.05) is 12.1 Å². The molecule has 0 aliphatic carbocycles. The predicted molar refractivity (Wildman–Crippen MR) is 157 cm³/mol. The van der Waals surface area contributed by atoms with Crippen LogP contribution in [-0.2, 0) is 23.4 Å². The highest BCUT2D eigenvalue weighted by atomic mass is 32.2. The second kappa shape index (κ2) is 10.5. The Morgan fingerprint density at radius 2 is 1.90 bits per heavy atom. The van der Waals surface area contributed by atoms with Crippen LogP contribution in [0.15, 0.2) is 83.4 Å². The summed E-state index contributed by atoms with van der Waals surface area (Å²) in [5, 5.41) is 24.8. The van der Waals surface area contributed by atoms with Crippen LogP contribution in [0.5, 0.6) is 0 Å². The molecule has 0 amide bonds. The molecule has 0 radical (unpaired) electrons. The van der Waals surface area contributed by atoms with E-state index in [0.29, 0.717) is 22.7 Å². The molecule has 10 nitrogen and oxygen atoms in total. The number of pyridine rings is 1. The van der Waals surface area contributed by atoms with Crippen LogP contribution >= 0.6 is 0 Å². The van der Waals surface area contributed by atoms with Gasteiger partial charge in [0.25, 0.3) is 0 Å². The fourth-order valence-electron chi connectivity index (χ4n) is 5.76. The average Bonchev–Trinajstić information content (AvgIpc) is 3.43. The molecule has 2 atom stereocenters. The Morgan fingerprint density at radius 1 is 1.15 bits per heavy atom. The second-order valence-electron chi connectivity index (χ2n) is 10.7. The quantitative estimate of drug-likeness (QED) is 0.330. The number of nitrogens with zero attached hydrogens (tertiary/aromatic N) is 6. The lowest BCUT2D eigenvalue weighted by Crippen LogP contribution is -2.68. The van der Waals surface area contributed by atoms with Crippen molar-refractivity contribution in [2.24, 2.45) is 7.05 Å². The van der Waals surface area contributed by atoms with Gasteiger partial charge in [-0.05, 0) is 42.3 Å². The van der Waals surface area contributed by atoms with E-state index < -0.39 is 9.84 Å². The van der Waals surface area contributed by atoms with Crippen molar-refractivity contribution in [3.05, 3.63) is 95.2 Å². The van der Waals surface area contributed by atoms with Crippen LogP contribution in [-0.4, -0.2) is 65.7 Å². The van der Waals surface area contributed by atoms with Crippen LogP contribution in [0, 0.1) is 16.7 Å². The highest BCUT2D eigenvalue weighted by Gasteiger charge is 2.44. The molecule has 1 aromatic carbocycles. The number of anilines is 1. The highest BCUT2D eigenvalue weighted by Crippen LogP contribution is 2.36. The van der Waals surface area contributed by atoms with Gasteiger partial charge in [-0.3, -0.25) is 9.58 Å². The van der Waals surface area contributed by atoms with E-state index in [1.165, 1.54) is 6.26 Å². The fraction of sp³-hybridized carbons (Fsp3) is 0.267. The van der Waals surface area contributed by atoms with Gasteiger partial charge in [0.05, 0.1) is 22.4 Å². The lowest BCUT2D eigenvalue weighted by atomic mass is 9.86. The number of aryl methyl sites for hydroxylation is 1. The summed E-state index contributed by atoms with van der Waals surface area (Å²) >= 11 is 0. The van der Waals surface area contributed by atoms with Crippen molar-refractivity contribution >= 4 is 33.0 Å². The Labute approximate surface area is 239 Å². The van der Waals surface area contributed by atoms with E-state index in [0.717, 1.165) is 65.9 Å². The molecule has 7 rings (SSSR count). The summed E-state index contributed by atoms with van der Waals surface area (Å²) in [5.74, 6) is 0.908. The van der Waals surface area contributed by atoms with Crippen LogP contribution in [0.1, 0.15) is 23.1 Å². The number of fused-ring (bicyclic) bond motifs is 2. The second-order valence-corrected chi connectivity index (χ2v) is 12.7. The van der Waals surface area contributed by atoms with Crippen LogP contribution in [0.3, 0.4) is 0 Å². The summed E-state index contributed by atoms with van der Waals surface area (Å²) < 4.78 is 25.3. The molecule has 2 bridgehead atoms. The van der Waals surface area contributed by atoms with Crippen molar-refractivity contribution in [1.29, 1.82) is 10.7 Å². The molecule has 41 heavy (non-hydrogen) atoms. The zero-order valence-corrected chi connectivity index (χ0v) is 23.6. The van der Waals surface area contributed by atoms with E-state index in [2.05, 4.69) is 26.3 Å². The number of aromatic nitrogens is 3. The molecular formula is C30H30N8O2S. The maximum Gasteiger partial charge on any atom is 0.175 e. The number of benzene rings is 1. The van der Waals surface area contributed by atoms with Crippen molar-refractivity contribution < 1.29 is 8.42 Å². The van der Waals surface area contributed by atoms with Gasteiger partial charge < -0.3 is 15.6 Å². The van der Waals surface area contributed by atoms with Crippen LogP contribution in [0.2, 0.25) is 0 Å². The molecule has 4 aliphatic rings. The number of allylic oxidation sites excluding steroid dienone is 4. The summed E-state index contributed by atoms with van der Waals surface area (Å²) in [4.78, 5) is 9.96. The Balaban J connectivity index is 1.18. The number of piperazine rings is 1. The number of dihydropyridines is 1. The molecule has 0 saturated carbocycles. The number of hydrogen-bond donors (Lipinski definition) is 2. The highest BCUT2D eigenvalue weighted by molar-refractivity contribution is 7.90. The number of rotatable bonds is 7. The molecule has 0 spiro atoms. The number of nitriles is 1. The summed E-state index contributed by atoms with van der Waals surface area (Å²) in [6.45, 7) is 2.55. The van der Waals surface area contributed by atoms with Gasteiger partial charge in [0.15, 0.2) is 9.84 Å². The van der Waals surface area contributed by atoms with Crippen molar-refractivity contribution in [1.82, 2.24) is 25.0 Å². The van der Waals surface area contributed by atoms with Gasteiger partial charge in [0.2, 0.25) is 0 Å². The molecule has 3 aromatic rings. The van der Waals surface area contributed by atoms with Gasteiger partial charge in [-0.2, -0.15) is 10.4 Å².